The van der Waals surface area contributed by atoms with Crippen LogP contribution in [0.3, 0.4) is 0 Å². The van der Waals surface area contributed by atoms with E-state index in [4.69, 9.17) is 11.6 Å². The number of nitrogens with zero attached hydrogens (tertiary/aromatic N) is 7. The van der Waals surface area contributed by atoms with Crippen molar-refractivity contribution in [3.8, 4) is 10.6 Å². The molecule has 1 amide bonds. The molecule has 0 radical (unpaired) electrons. The molecule has 2 fully saturated rings. The lowest BCUT2D eigenvalue weighted by Gasteiger charge is -2.43. The number of rotatable bonds is 9. The lowest BCUT2D eigenvalue weighted by atomic mass is 9.79. The number of pyridine rings is 1. The molecule has 2 saturated heterocycles. The summed E-state index contributed by atoms with van der Waals surface area (Å²) in [6.45, 7) is 5.90. The van der Waals surface area contributed by atoms with E-state index in [0.717, 1.165) is 47.9 Å². The molecule has 0 aliphatic carbocycles. The molecule has 0 spiro atoms. The molecule has 0 unspecified atom stereocenters. The Morgan fingerprint density at radius 3 is 2.55 bits per heavy atom. The summed E-state index contributed by atoms with van der Waals surface area (Å²) in [5.41, 5.74) is 3.47. The van der Waals surface area contributed by atoms with Crippen LogP contribution in [0.15, 0.2) is 103 Å². The van der Waals surface area contributed by atoms with E-state index in [1.807, 2.05) is 83.5 Å². The molecule has 2 atom stereocenters. The summed E-state index contributed by atoms with van der Waals surface area (Å²) in [6.07, 6.45) is 8.75. The number of aryl methyl sites for hydroxylation is 1. The van der Waals surface area contributed by atoms with E-state index in [-0.39, 0.29) is 29.8 Å². The summed E-state index contributed by atoms with van der Waals surface area (Å²) in [5.74, 6) is 0.0454. The topological polar surface area (TPSA) is 109 Å². The molecule has 6 heterocycles. The third kappa shape index (κ3) is 7.70. The number of benzene rings is 2. The van der Waals surface area contributed by atoms with Gasteiger partial charge in [0, 0.05) is 84.3 Å². The van der Waals surface area contributed by atoms with E-state index in [2.05, 4.69) is 38.1 Å². The van der Waals surface area contributed by atoms with E-state index in [1.54, 1.807) is 17.4 Å². The predicted octanol–water partition coefficient (Wildman–Crippen LogP) is 6.39. The van der Waals surface area contributed by atoms with Gasteiger partial charge in [-0.05, 0) is 74.2 Å². The van der Waals surface area contributed by atoms with E-state index in [9.17, 15) is 14.7 Å². The molecule has 6 aromatic rings. The minimum Gasteiger partial charge on any atom is -0.388 e. The molecule has 2 aliphatic rings. The highest BCUT2D eigenvalue weighted by Gasteiger charge is 2.41. The number of hydrogen-bond acceptors (Lipinski definition) is 8. The molecule has 0 bridgehead atoms. The van der Waals surface area contributed by atoms with Crippen molar-refractivity contribution >= 4 is 39.9 Å². The van der Waals surface area contributed by atoms with Crippen LogP contribution in [-0.2, 0) is 24.4 Å². The van der Waals surface area contributed by atoms with Crippen molar-refractivity contribution in [2.24, 2.45) is 5.92 Å². The zero-order chi connectivity index (χ0) is 36.5. The smallest absolute Gasteiger partial charge is 0.262 e. The number of hydrogen-bond donors (Lipinski definition) is 1. The van der Waals surface area contributed by atoms with E-state index in [1.165, 1.54) is 21.3 Å². The van der Waals surface area contributed by atoms with Gasteiger partial charge in [-0.2, -0.15) is 0 Å². The van der Waals surface area contributed by atoms with Crippen LogP contribution in [0.2, 0.25) is 5.02 Å². The Labute approximate surface area is 317 Å². The maximum absolute atomic E-state index is 14.2. The fourth-order valence-electron chi connectivity index (χ4n) is 7.86. The molecule has 8 rings (SSSR count). The third-order valence-corrected chi connectivity index (χ3v) is 12.1. The fraction of sp³-hybridized carbons (Fsp3) is 0.341. The van der Waals surface area contributed by atoms with Gasteiger partial charge in [-0.3, -0.25) is 24.0 Å². The first-order chi connectivity index (χ1) is 25.7. The largest absolute Gasteiger partial charge is 0.388 e. The van der Waals surface area contributed by atoms with Crippen molar-refractivity contribution < 1.29 is 9.90 Å². The first kappa shape index (κ1) is 35.4. The van der Waals surface area contributed by atoms with Crippen molar-refractivity contribution in [1.29, 1.82) is 0 Å². The van der Waals surface area contributed by atoms with Gasteiger partial charge in [0.05, 0.1) is 17.5 Å². The van der Waals surface area contributed by atoms with Crippen LogP contribution in [0.5, 0.6) is 0 Å². The zero-order valence-electron chi connectivity index (χ0n) is 29.6. The zero-order valence-corrected chi connectivity index (χ0v) is 31.2. The van der Waals surface area contributed by atoms with Crippen molar-refractivity contribution in [1.82, 2.24) is 33.9 Å². The van der Waals surface area contributed by atoms with Gasteiger partial charge in [-0.15, -0.1) is 11.3 Å². The Morgan fingerprint density at radius 2 is 1.77 bits per heavy atom. The number of aromatic nitrogens is 5. The van der Waals surface area contributed by atoms with Crippen LogP contribution in [0.1, 0.15) is 46.9 Å². The van der Waals surface area contributed by atoms with Crippen LogP contribution >= 0.6 is 22.9 Å². The summed E-state index contributed by atoms with van der Waals surface area (Å²) in [7, 11) is 0. The Kier molecular flexibility index (Phi) is 9.99. The van der Waals surface area contributed by atoms with Crippen molar-refractivity contribution in [3.63, 3.8) is 0 Å². The normalized spacial score (nSPS) is 19.1. The third-order valence-electron chi connectivity index (χ3n) is 10.8. The number of carbonyl (C=O) groups excluding carboxylic acids is 1. The van der Waals surface area contributed by atoms with Gasteiger partial charge in [0.15, 0.2) is 0 Å². The molecule has 53 heavy (non-hydrogen) atoms. The van der Waals surface area contributed by atoms with E-state index >= 15 is 0 Å². The SMILES string of the molecule is Cc1ccc(-c2ncc(CN3CC[C@@H](C(=O)N4CCC(O)(Cn5cnc6c(ccn6Cc6cccc(Cl)c6)c5=O)CC4)[C@H](c4ccccc4)C3)s2)cn1. The molecule has 2 aromatic carbocycles. The summed E-state index contributed by atoms with van der Waals surface area (Å²) in [6, 6.07) is 23.8. The maximum Gasteiger partial charge on any atom is 0.262 e. The standard InChI is InChI=1S/C41H42ClN7O3S/c1-28-10-11-31(21-43-28)38-44-22-33(53-38)24-46-16-12-34(36(25-46)30-7-3-2-4-8-30)39(50)47-18-14-41(52,15-19-47)26-49-27-45-37-35(40(49)51)13-17-48(37)23-29-6-5-9-32(42)20-29/h2-11,13,17,20-22,27,34,36,52H,12,14-16,18-19,23-26H2,1H3/t34-,36+/m1/s1. The van der Waals surface area contributed by atoms with Crippen LogP contribution in [0.25, 0.3) is 21.6 Å². The summed E-state index contributed by atoms with van der Waals surface area (Å²) in [5, 5.41) is 13.8. The lowest BCUT2D eigenvalue weighted by Crippen LogP contribution is -2.53. The van der Waals surface area contributed by atoms with Crippen molar-refractivity contribution in [2.75, 3.05) is 26.2 Å². The Bertz CT molecular complexity index is 2280. The number of thiazole rings is 1. The van der Waals surface area contributed by atoms with Gasteiger partial charge in [0.2, 0.25) is 5.91 Å². The van der Waals surface area contributed by atoms with Crippen molar-refractivity contribution in [2.45, 2.75) is 57.3 Å². The molecule has 0 saturated carbocycles. The van der Waals surface area contributed by atoms with Gasteiger partial charge >= 0.3 is 0 Å². The second kappa shape index (κ2) is 15.0. The highest BCUT2D eigenvalue weighted by Crippen LogP contribution is 2.37. The monoisotopic (exact) mass is 747 g/mol. The minimum absolute atomic E-state index is 0.0505. The van der Waals surface area contributed by atoms with Gasteiger partial charge in [-0.1, -0.05) is 54.1 Å². The van der Waals surface area contributed by atoms with Crippen LogP contribution in [-0.4, -0.2) is 76.7 Å². The van der Waals surface area contributed by atoms with Crippen LogP contribution in [0, 0.1) is 12.8 Å². The van der Waals surface area contributed by atoms with Crippen molar-refractivity contribution in [3.05, 3.63) is 135 Å². The Hall–Kier alpha value is -4.68. The second-order valence-corrected chi connectivity index (χ2v) is 16.1. The summed E-state index contributed by atoms with van der Waals surface area (Å²) in [4.78, 5) is 47.1. The Morgan fingerprint density at radius 1 is 0.943 bits per heavy atom. The second-order valence-electron chi connectivity index (χ2n) is 14.5. The highest BCUT2D eigenvalue weighted by atomic mass is 35.5. The molecular formula is C41H42ClN7O3S. The van der Waals surface area contributed by atoms with E-state index < -0.39 is 5.60 Å². The molecule has 1 N–H and O–H groups in total. The molecule has 272 valence electrons. The van der Waals surface area contributed by atoms with Gasteiger partial charge in [0.25, 0.3) is 5.56 Å². The van der Waals surface area contributed by atoms with Crippen LogP contribution in [0.4, 0.5) is 0 Å². The number of halogens is 1. The van der Waals surface area contributed by atoms with Gasteiger partial charge < -0.3 is 14.6 Å². The fourth-order valence-corrected chi connectivity index (χ4v) is 9.02. The quantitative estimate of drug-likeness (QED) is 0.183. The lowest BCUT2D eigenvalue weighted by molar-refractivity contribution is -0.142. The number of likely N-dealkylation sites (tertiary alicyclic amines) is 2. The number of aliphatic hydroxyl groups is 1. The predicted molar refractivity (Wildman–Crippen MR) is 208 cm³/mol. The first-order valence-corrected chi connectivity index (χ1v) is 19.4. The van der Waals surface area contributed by atoms with Crippen LogP contribution < -0.4 is 5.56 Å². The number of amides is 1. The van der Waals surface area contributed by atoms with E-state index in [0.29, 0.717) is 48.5 Å². The Balaban J connectivity index is 0.916. The molecule has 12 heteroatoms. The molecule has 4 aromatic heterocycles. The van der Waals surface area contributed by atoms with Gasteiger partial charge in [0.1, 0.15) is 17.0 Å². The summed E-state index contributed by atoms with van der Waals surface area (Å²) >= 11 is 7.87. The van der Waals surface area contributed by atoms with Gasteiger partial charge in [-0.25, -0.2) is 9.97 Å². The minimum atomic E-state index is -1.12. The first-order valence-electron chi connectivity index (χ1n) is 18.2. The summed E-state index contributed by atoms with van der Waals surface area (Å²) < 4.78 is 3.44. The number of piperidine rings is 2. The average Bonchev–Trinajstić information content (AvgIpc) is 3.81. The molecule has 2 aliphatic heterocycles. The number of fused-ring (bicyclic) bond motifs is 1. The highest BCUT2D eigenvalue weighted by molar-refractivity contribution is 7.15. The molecule has 10 nitrogen and oxygen atoms in total. The average molecular weight is 748 g/mol. The maximum atomic E-state index is 14.2. The number of carbonyl (C=O) groups is 1. The molecular weight excluding hydrogens is 706 g/mol.